The van der Waals surface area contributed by atoms with Crippen LogP contribution in [0, 0.1) is 108 Å². The van der Waals surface area contributed by atoms with E-state index in [9.17, 15) is 0 Å². The molecule has 32 heavy (non-hydrogen) atoms. The van der Waals surface area contributed by atoms with E-state index in [0.717, 1.165) is 70.0 Å². The Bertz CT molecular complexity index is 1110. The van der Waals surface area contributed by atoms with E-state index in [4.69, 9.17) is 0 Å². The maximum absolute atomic E-state index is 2.89. The molecule has 0 aromatic carbocycles. The molecule has 17 unspecified atom stereocenters. The standard InChI is InChI=1S/C32H46/c1-14-18-17-21-23-22(17)31-12-32(23,13-31)19-15(2)26(6)25(5,11-24(18,21)4)29(9)27(14,7)28(8,30(26,29)10)16(3)20(19)31/h14-23H,11-13H2,1-10H3. The van der Waals surface area contributed by atoms with Gasteiger partial charge in [-0.25, -0.2) is 0 Å². The lowest BCUT2D eigenvalue weighted by Gasteiger charge is -2.99. The Morgan fingerprint density at radius 2 is 0.969 bits per heavy atom. The van der Waals surface area contributed by atoms with Crippen LogP contribution in [0.4, 0.5) is 0 Å². The normalized spacial score (nSPS) is 90.9. The monoisotopic (exact) mass is 430 g/mol. The zero-order valence-electron chi connectivity index (χ0n) is 22.4. The highest BCUT2D eigenvalue weighted by Gasteiger charge is 3.06. The van der Waals surface area contributed by atoms with Crippen LogP contribution in [0.5, 0.6) is 0 Å². The van der Waals surface area contributed by atoms with E-state index < -0.39 is 0 Å². The van der Waals surface area contributed by atoms with E-state index in [-0.39, 0.29) is 0 Å². The fraction of sp³-hybridized carbons (Fsp3) is 1.00. The third-order valence-electron chi connectivity index (χ3n) is 20.4. The van der Waals surface area contributed by atoms with Crippen LogP contribution in [-0.4, -0.2) is 0 Å². The van der Waals surface area contributed by atoms with Crippen molar-refractivity contribution in [3.8, 4) is 0 Å². The van der Waals surface area contributed by atoms with Gasteiger partial charge in [0.15, 0.2) is 0 Å². The summed E-state index contributed by atoms with van der Waals surface area (Å²) in [6.07, 6.45) is 4.92. The second-order valence-electron chi connectivity index (χ2n) is 17.8. The minimum atomic E-state index is 0.495. The molecule has 0 aromatic heterocycles. The molecule has 2 bridgehead atoms. The van der Waals surface area contributed by atoms with Crippen LogP contribution in [0.15, 0.2) is 0 Å². The SMILES string of the molecule is CC1C2C3C4C5C3C36CC5(C3)C3C6C(C)C5(C)C1(C)C1(C)C(C)(CC42C)C(C)(C3C)C51C. The minimum absolute atomic E-state index is 0.495. The van der Waals surface area contributed by atoms with Gasteiger partial charge in [-0.05, 0) is 127 Å². The van der Waals surface area contributed by atoms with Crippen LogP contribution in [0.3, 0.4) is 0 Å². The number of fused-ring (bicyclic) bond motifs is 6. The molecule has 0 spiro atoms. The van der Waals surface area contributed by atoms with Gasteiger partial charge in [-0.2, -0.15) is 0 Å². The number of rotatable bonds is 0. The highest BCUT2D eigenvalue weighted by atomic mass is 15.1. The summed E-state index contributed by atoms with van der Waals surface area (Å²) in [7, 11) is 0. The van der Waals surface area contributed by atoms with Crippen LogP contribution in [0.25, 0.3) is 0 Å². The fourth-order valence-electron chi connectivity index (χ4n) is 20.3. The van der Waals surface area contributed by atoms with E-state index in [0.29, 0.717) is 37.9 Å². The van der Waals surface area contributed by atoms with Crippen molar-refractivity contribution in [1.82, 2.24) is 0 Å². The lowest BCUT2D eigenvalue weighted by molar-refractivity contribution is -0.530. The van der Waals surface area contributed by atoms with E-state index in [1.54, 1.807) is 19.3 Å². The van der Waals surface area contributed by atoms with Crippen LogP contribution in [0.1, 0.15) is 88.5 Å². The molecule has 0 heteroatoms. The van der Waals surface area contributed by atoms with Gasteiger partial charge in [-0.15, -0.1) is 0 Å². The molecule has 174 valence electrons. The maximum Gasteiger partial charge on any atom is -0.0137 e. The van der Waals surface area contributed by atoms with Gasteiger partial charge in [0.05, 0.1) is 0 Å². The highest BCUT2D eigenvalue weighted by molar-refractivity contribution is 5.53. The van der Waals surface area contributed by atoms with Crippen LogP contribution in [-0.2, 0) is 0 Å². The molecular weight excluding hydrogens is 384 g/mol. The van der Waals surface area contributed by atoms with Gasteiger partial charge in [0.1, 0.15) is 0 Å². The first kappa shape index (κ1) is 18.3. The van der Waals surface area contributed by atoms with Crippen LogP contribution >= 0.6 is 0 Å². The molecular formula is C32H46. The topological polar surface area (TPSA) is 0 Å². The first-order valence-electron chi connectivity index (χ1n) is 14.7. The second kappa shape index (κ2) is 3.69. The van der Waals surface area contributed by atoms with Gasteiger partial charge >= 0.3 is 0 Å². The molecule has 0 aromatic rings. The van der Waals surface area contributed by atoms with E-state index >= 15 is 0 Å². The largest absolute Gasteiger partial charge is 0.0616 e. The molecule has 0 saturated heterocycles. The molecule has 17 atom stereocenters. The molecule has 11 aliphatic carbocycles. The second-order valence-corrected chi connectivity index (χ2v) is 17.8. The molecule has 0 heterocycles. The van der Waals surface area contributed by atoms with Crippen molar-refractivity contribution < 1.29 is 0 Å². The van der Waals surface area contributed by atoms with E-state index in [1.165, 1.54) is 0 Å². The molecule has 11 saturated carbocycles. The zero-order valence-corrected chi connectivity index (χ0v) is 22.4. The van der Waals surface area contributed by atoms with Gasteiger partial charge in [-0.3, -0.25) is 0 Å². The Hall–Kier alpha value is 0. The van der Waals surface area contributed by atoms with Gasteiger partial charge in [0.25, 0.3) is 0 Å². The van der Waals surface area contributed by atoms with Crippen molar-refractivity contribution in [2.24, 2.45) is 108 Å². The highest BCUT2D eigenvalue weighted by Crippen LogP contribution is 3.10. The first-order chi connectivity index (χ1) is 14.7. The maximum atomic E-state index is 2.89. The Morgan fingerprint density at radius 1 is 0.469 bits per heavy atom. The third-order valence-corrected chi connectivity index (χ3v) is 20.4. The Kier molecular flexibility index (Phi) is 2.11. The summed E-state index contributed by atoms with van der Waals surface area (Å²) in [5.41, 5.74) is 5.18. The predicted molar refractivity (Wildman–Crippen MR) is 127 cm³/mol. The Labute approximate surface area is 196 Å². The molecule has 0 nitrogen and oxygen atoms in total. The number of hydrogen-bond donors (Lipinski definition) is 0. The van der Waals surface area contributed by atoms with Gasteiger partial charge in [0.2, 0.25) is 0 Å². The lowest BCUT2D eigenvalue weighted by Crippen LogP contribution is -2.95. The molecule has 0 radical (unpaired) electrons. The van der Waals surface area contributed by atoms with Gasteiger partial charge in [0, 0.05) is 0 Å². The quantitative estimate of drug-likeness (QED) is 0.372. The fourth-order valence-corrected chi connectivity index (χ4v) is 20.3. The van der Waals surface area contributed by atoms with E-state index in [1.807, 2.05) is 0 Å². The van der Waals surface area contributed by atoms with Crippen molar-refractivity contribution in [1.29, 1.82) is 0 Å². The van der Waals surface area contributed by atoms with Crippen molar-refractivity contribution in [2.75, 3.05) is 0 Å². The van der Waals surface area contributed by atoms with Crippen molar-refractivity contribution in [3.05, 3.63) is 0 Å². The van der Waals surface area contributed by atoms with Crippen molar-refractivity contribution in [2.45, 2.75) is 88.5 Å². The third kappa shape index (κ3) is 0.863. The smallest absolute Gasteiger partial charge is 0.0137 e. The average molecular weight is 431 g/mol. The Morgan fingerprint density at radius 3 is 1.59 bits per heavy atom. The molecule has 0 N–H and O–H groups in total. The number of hydrogen-bond acceptors (Lipinski definition) is 0. The summed E-state index contributed by atoms with van der Waals surface area (Å²) in [6, 6.07) is 0. The average Bonchev–Trinajstić information content (AvgIpc) is 3.28. The Balaban J connectivity index is 1.44. The van der Waals surface area contributed by atoms with Gasteiger partial charge in [-0.1, -0.05) is 69.2 Å². The summed E-state index contributed by atoms with van der Waals surface area (Å²) in [5, 5.41) is 0. The van der Waals surface area contributed by atoms with Crippen molar-refractivity contribution >= 4 is 0 Å². The van der Waals surface area contributed by atoms with Gasteiger partial charge < -0.3 is 0 Å². The lowest BCUT2D eigenvalue weighted by atomic mass is 9.04. The van der Waals surface area contributed by atoms with Crippen LogP contribution < -0.4 is 0 Å². The summed E-state index contributed by atoms with van der Waals surface area (Å²) in [6.45, 7) is 28.6. The summed E-state index contributed by atoms with van der Waals surface area (Å²) >= 11 is 0. The molecule has 0 aliphatic heterocycles. The van der Waals surface area contributed by atoms with Crippen LogP contribution in [0.2, 0.25) is 0 Å². The summed E-state index contributed by atoms with van der Waals surface area (Å²) < 4.78 is 0. The zero-order chi connectivity index (χ0) is 22.4. The predicted octanol–water partition coefficient (Wildman–Crippen LogP) is 7.53. The first-order valence-corrected chi connectivity index (χ1v) is 14.7. The molecule has 11 fully saturated rings. The summed E-state index contributed by atoms with van der Waals surface area (Å²) in [5.74, 6) is 10.4. The molecule has 11 aliphatic rings. The summed E-state index contributed by atoms with van der Waals surface area (Å²) in [4.78, 5) is 0. The minimum Gasteiger partial charge on any atom is -0.0616 e. The van der Waals surface area contributed by atoms with Crippen molar-refractivity contribution in [3.63, 3.8) is 0 Å². The molecule has 11 rings (SSSR count). The molecule has 0 amide bonds. The van der Waals surface area contributed by atoms with E-state index in [2.05, 4.69) is 69.2 Å².